The Balaban J connectivity index is 2.59. The molecule has 18 heavy (non-hydrogen) atoms. The molecule has 0 spiro atoms. The minimum absolute atomic E-state index is 0.171. The molecule has 0 aliphatic carbocycles. The fourth-order valence-electron chi connectivity index (χ4n) is 2.83. The van der Waals surface area contributed by atoms with E-state index < -0.39 is 0 Å². The summed E-state index contributed by atoms with van der Waals surface area (Å²) in [6.07, 6.45) is 0.975. The van der Waals surface area contributed by atoms with E-state index in [1.807, 2.05) is 7.05 Å². The number of rotatable bonds is 5. The van der Waals surface area contributed by atoms with Gasteiger partial charge in [0.2, 0.25) is 0 Å². The van der Waals surface area contributed by atoms with Gasteiger partial charge in [-0.1, -0.05) is 0 Å². The molecule has 0 amide bonds. The van der Waals surface area contributed by atoms with E-state index in [0.29, 0.717) is 18.1 Å². The maximum absolute atomic E-state index is 9.49. The van der Waals surface area contributed by atoms with Crippen molar-refractivity contribution in [2.75, 3.05) is 33.8 Å². The van der Waals surface area contributed by atoms with E-state index in [1.165, 1.54) is 0 Å². The Morgan fingerprint density at radius 2 is 1.83 bits per heavy atom. The molecule has 4 atom stereocenters. The fourth-order valence-corrected chi connectivity index (χ4v) is 2.83. The van der Waals surface area contributed by atoms with Crippen molar-refractivity contribution < 1.29 is 5.11 Å². The molecule has 0 aromatic heterocycles. The largest absolute Gasteiger partial charge is 0.394 e. The molecule has 1 rings (SSSR count). The topological polar surface area (TPSA) is 38.7 Å². The Morgan fingerprint density at radius 3 is 2.22 bits per heavy atom. The first kappa shape index (κ1) is 15.9. The van der Waals surface area contributed by atoms with E-state index in [-0.39, 0.29) is 12.1 Å². The monoisotopic (exact) mass is 257 g/mol. The van der Waals surface area contributed by atoms with Crippen LogP contribution < -0.4 is 5.32 Å². The molecule has 0 aromatic carbocycles. The van der Waals surface area contributed by atoms with E-state index in [4.69, 9.17) is 0 Å². The Labute approximate surface area is 112 Å². The molecule has 2 N–H and O–H groups in total. The summed E-state index contributed by atoms with van der Waals surface area (Å²) in [6, 6.07) is 1.70. The molecule has 1 heterocycles. The molecular weight excluding hydrogens is 226 g/mol. The van der Waals surface area contributed by atoms with Crippen LogP contribution in [-0.2, 0) is 0 Å². The van der Waals surface area contributed by atoms with Gasteiger partial charge in [-0.2, -0.15) is 0 Å². The van der Waals surface area contributed by atoms with Crippen LogP contribution in [0.4, 0.5) is 0 Å². The summed E-state index contributed by atoms with van der Waals surface area (Å²) >= 11 is 0. The van der Waals surface area contributed by atoms with Gasteiger partial charge in [-0.05, 0) is 48.2 Å². The summed E-state index contributed by atoms with van der Waals surface area (Å²) in [7, 11) is 4.14. The summed E-state index contributed by atoms with van der Waals surface area (Å²) in [5.74, 6) is 0. The average molecular weight is 257 g/mol. The number of nitrogens with zero attached hydrogens (tertiary/aromatic N) is 2. The van der Waals surface area contributed by atoms with Crippen molar-refractivity contribution in [2.45, 2.75) is 57.8 Å². The highest BCUT2D eigenvalue weighted by Gasteiger charge is 2.32. The van der Waals surface area contributed by atoms with E-state index in [9.17, 15) is 5.11 Å². The Hall–Kier alpha value is -0.160. The zero-order valence-corrected chi connectivity index (χ0v) is 12.9. The lowest BCUT2D eigenvalue weighted by Gasteiger charge is -2.46. The van der Waals surface area contributed by atoms with Crippen LogP contribution in [0.5, 0.6) is 0 Å². The third kappa shape index (κ3) is 3.67. The van der Waals surface area contributed by atoms with Crippen molar-refractivity contribution >= 4 is 0 Å². The van der Waals surface area contributed by atoms with Crippen LogP contribution in [0, 0.1) is 0 Å². The van der Waals surface area contributed by atoms with Crippen molar-refractivity contribution in [3.05, 3.63) is 0 Å². The SMILES string of the molecule is CNC(C)(CO)CC(C)N1CC(C)N(C)C(C)C1. The average Bonchev–Trinajstić information content (AvgIpc) is 2.35. The fraction of sp³-hybridized carbons (Fsp3) is 1.00. The second kappa shape index (κ2) is 6.33. The summed E-state index contributed by atoms with van der Waals surface area (Å²) < 4.78 is 0. The van der Waals surface area contributed by atoms with Gasteiger partial charge in [0.1, 0.15) is 0 Å². The van der Waals surface area contributed by atoms with Crippen molar-refractivity contribution in [2.24, 2.45) is 0 Å². The molecule has 4 heteroatoms. The van der Waals surface area contributed by atoms with Crippen LogP contribution in [0.2, 0.25) is 0 Å². The highest BCUT2D eigenvalue weighted by molar-refractivity contribution is 4.90. The van der Waals surface area contributed by atoms with Crippen LogP contribution in [0.3, 0.4) is 0 Å². The van der Waals surface area contributed by atoms with Gasteiger partial charge >= 0.3 is 0 Å². The summed E-state index contributed by atoms with van der Waals surface area (Å²) in [6.45, 7) is 11.4. The summed E-state index contributed by atoms with van der Waals surface area (Å²) in [5, 5.41) is 12.7. The molecule has 1 aliphatic heterocycles. The van der Waals surface area contributed by atoms with Gasteiger partial charge in [0.15, 0.2) is 0 Å². The van der Waals surface area contributed by atoms with E-state index >= 15 is 0 Å². The molecule has 0 aromatic rings. The number of aliphatic hydroxyl groups is 1. The Kier molecular flexibility index (Phi) is 5.59. The second-order valence-corrected chi connectivity index (χ2v) is 6.34. The molecule has 108 valence electrons. The lowest BCUT2D eigenvalue weighted by Crippen LogP contribution is -2.58. The Bertz CT molecular complexity index is 243. The predicted molar refractivity (Wildman–Crippen MR) is 76.9 cm³/mol. The van der Waals surface area contributed by atoms with E-state index in [2.05, 4.69) is 49.9 Å². The standard InChI is InChI=1S/C14H31N3O/c1-11(7-14(4,10-18)15-5)17-8-12(2)16(6)13(3)9-17/h11-13,15,18H,7-10H2,1-6H3. The second-order valence-electron chi connectivity index (χ2n) is 6.34. The van der Waals surface area contributed by atoms with Gasteiger partial charge in [0.25, 0.3) is 0 Å². The number of hydrogen-bond donors (Lipinski definition) is 2. The molecule has 0 bridgehead atoms. The maximum atomic E-state index is 9.49. The van der Waals surface area contributed by atoms with Crippen LogP contribution in [0.15, 0.2) is 0 Å². The maximum Gasteiger partial charge on any atom is 0.0611 e. The van der Waals surface area contributed by atoms with Crippen LogP contribution in [0.25, 0.3) is 0 Å². The first-order valence-corrected chi connectivity index (χ1v) is 7.08. The van der Waals surface area contributed by atoms with Crippen molar-refractivity contribution in [3.8, 4) is 0 Å². The summed E-state index contributed by atoms with van der Waals surface area (Å²) in [4.78, 5) is 5.01. The zero-order valence-electron chi connectivity index (χ0n) is 12.9. The van der Waals surface area contributed by atoms with Crippen molar-refractivity contribution in [3.63, 3.8) is 0 Å². The predicted octanol–water partition coefficient (Wildman–Crippen LogP) is 0.760. The minimum Gasteiger partial charge on any atom is -0.394 e. The normalized spacial score (nSPS) is 32.2. The molecule has 1 saturated heterocycles. The number of nitrogens with one attached hydrogen (secondary N) is 1. The van der Waals surface area contributed by atoms with Gasteiger partial charge in [-0.15, -0.1) is 0 Å². The smallest absolute Gasteiger partial charge is 0.0611 e. The van der Waals surface area contributed by atoms with Gasteiger partial charge in [-0.3, -0.25) is 9.80 Å². The lowest BCUT2D eigenvalue weighted by molar-refractivity contribution is 0.0243. The van der Waals surface area contributed by atoms with Crippen LogP contribution in [0.1, 0.15) is 34.1 Å². The van der Waals surface area contributed by atoms with E-state index in [0.717, 1.165) is 19.5 Å². The minimum atomic E-state index is -0.171. The molecule has 0 radical (unpaired) electrons. The first-order valence-electron chi connectivity index (χ1n) is 7.08. The third-order valence-electron chi connectivity index (χ3n) is 4.71. The van der Waals surface area contributed by atoms with Gasteiger partial charge < -0.3 is 10.4 Å². The molecule has 0 saturated carbocycles. The highest BCUT2D eigenvalue weighted by Crippen LogP contribution is 2.21. The number of likely N-dealkylation sites (N-methyl/N-ethyl adjacent to an activating group) is 2. The van der Waals surface area contributed by atoms with Gasteiger partial charge in [0, 0.05) is 36.8 Å². The number of piperazine rings is 1. The highest BCUT2D eigenvalue weighted by atomic mass is 16.3. The quantitative estimate of drug-likeness (QED) is 0.763. The third-order valence-corrected chi connectivity index (χ3v) is 4.71. The van der Waals surface area contributed by atoms with Gasteiger partial charge in [0.05, 0.1) is 6.61 Å². The molecule has 4 nitrogen and oxygen atoms in total. The molecule has 4 unspecified atom stereocenters. The lowest BCUT2D eigenvalue weighted by atomic mass is 9.93. The molecular formula is C14H31N3O. The first-order chi connectivity index (χ1) is 8.33. The van der Waals surface area contributed by atoms with Crippen LogP contribution in [-0.4, -0.2) is 72.4 Å². The summed E-state index contributed by atoms with van der Waals surface area (Å²) in [5.41, 5.74) is -0.171. The van der Waals surface area contributed by atoms with Crippen LogP contribution >= 0.6 is 0 Å². The number of hydrogen-bond acceptors (Lipinski definition) is 4. The zero-order chi connectivity index (χ0) is 13.9. The Morgan fingerprint density at radius 1 is 1.33 bits per heavy atom. The van der Waals surface area contributed by atoms with Crippen molar-refractivity contribution in [1.29, 1.82) is 0 Å². The van der Waals surface area contributed by atoms with Crippen molar-refractivity contribution in [1.82, 2.24) is 15.1 Å². The van der Waals surface area contributed by atoms with Gasteiger partial charge in [-0.25, -0.2) is 0 Å². The molecule has 1 fully saturated rings. The van der Waals surface area contributed by atoms with E-state index in [1.54, 1.807) is 0 Å². The number of aliphatic hydroxyl groups excluding tert-OH is 1. The molecule has 1 aliphatic rings.